The van der Waals surface area contributed by atoms with E-state index in [0.29, 0.717) is 12.2 Å². The molecule has 1 heterocycles. The van der Waals surface area contributed by atoms with Gasteiger partial charge in [-0.1, -0.05) is 72.8 Å². The van der Waals surface area contributed by atoms with Crippen LogP contribution in [0, 0.1) is 0 Å². The van der Waals surface area contributed by atoms with Gasteiger partial charge in [0.05, 0.1) is 11.4 Å². The fourth-order valence-electron chi connectivity index (χ4n) is 3.87. The normalized spacial score (nSPS) is 15.4. The largest absolute Gasteiger partial charge is 0.307 e. The second-order valence-corrected chi connectivity index (χ2v) is 7.59. The number of anilines is 2. The molecule has 0 saturated carbocycles. The highest BCUT2D eigenvalue weighted by Crippen LogP contribution is 2.29. The first-order valence-electron chi connectivity index (χ1n) is 10.6. The van der Waals surface area contributed by atoms with E-state index in [0.717, 1.165) is 22.5 Å². The van der Waals surface area contributed by atoms with Gasteiger partial charge in [-0.2, -0.15) is 0 Å². The number of hydrogen-bond acceptors (Lipinski definition) is 3. The molecule has 5 nitrogen and oxygen atoms in total. The Hall–Kier alpha value is -3.99. The Bertz CT molecular complexity index is 1160. The predicted octanol–water partition coefficient (Wildman–Crippen LogP) is 4.48. The molecule has 2 amide bonds. The maximum Gasteiger partial charge on any atom is 0.252 e. The molecule has 3 aromatic carbocycles. The van der Waals surface area contributed by atoms with E-state index in [-0.39, 0.29) is 18.4 Å². The number of carbonyl (C=O) groups excluding carboxylic acids is 2. The van der Waals surface area contributed by atoms with E-state index in [2.05, 4.69) is 6.58 Å². The van der Waals surface area contributed by atoms with Crippen LogP contribution in [0.1, 0.15) is 18.1 Å². The first-order valence-corrected chi connectivity index (χ1v) is 10.6. The van der Waals surface area contributed by atoms with E-state index in [9.17, 15) is 9.59 Å². The van der Waals surface area contributed by atoms with Crippen LogP contribution in [0.5, 0.6) is 0 Å². The first-order chi connectivity index (χ1) is 15.6. The third kappa shape index (κ3) is 4.23. The Balaban J connectivity index is 1.73. The molecule has 4 rings (SSSR count). The summed E-state index contributed by atoms with van der Waals surface area (Å²) in [5.74, 6) is -0.391. The smallest absolute Gasteiger partial charge is 0.252 e. The summed E-state index contributed by atoms with van der Waals surface area (Å²) in [5.41, 5.74) is 3.97. The Labute approximate surface area is 188 Å². The monoisotopic (exact) mass is 423 g/mol. The molecular formula is C27H25N3O2. The van der Waals surface area contributed by atoms with Gasteiger partial charge in [-0.15, -0.1) is 6.58 Å². The van der Waals surface area contributed by atoms with Crippen LogP contribution in [0.3, 0.4) is 0 Å². The van der Waals surface area contributed by atoms with Crippen molar-refractivity contribution in [2.45, 2.75) is 13.0 Å². The summed E-state index contributed by atoms with van der Waals surface area (Å²) in [6.45, 7) is 5.83. The SMILES string of the molecule is C=CCN(C(=O)CN1C(=O)C(C)N=C(c2ccccc2)c2ccccc21)c1ccccc1. The van der Waals surface area contributed by atoms with Crippen LogP contribution in [0.4, 0.5) is 11.4 Å². The van der Waals surface area contributed by atoms with E-state index < -0.39 is 6.04 Å². The van der Waals surface area contributed by atoms with Crippen LogP contribution in [0.25, 0.3) is 0 Å². The number of benzodiazepines with no additional fused rings is 1. The molecule has 0 saturated heterocycles. The molecule has 0 aromatic heterocycles. The van der Waals surface area contributed by atoms with E-state index in [1.807, 2.05) is 84.9 Å². The number of fused-ring (bicyclic) bond motifs is 1. The highest BCUT2D eigenvalue weighted by Gasteiger charge is 2.31. The van der Waals surface area contributed by atoms with Crippen molar-refractivity contribution >= 4 is 28.9 Å². The van der Waals surface area contributed by atoms with E-state index in [4.69, 9.17) is 4.99 Å². The number of hydrogen-bond donors (Lipinski definition) is 0. The fourth-order valence-corrected chi connectivity index (χ4v) is 3.87. The van der Waals surface area contributed by atoms with Crippen molar-refractivity contribution in [1.29, 1.82) is 0 Å². The molecule has 0 aliphatic carbocycles. The molecule has 160 valence electrons. The van der Waals surface area contributed by atoms with Gasteiger partial charge in [-0.25, -0.2) is 0 Å². The zero-order valence-corrected chi connectivity index (χ0v) is 18.0. The van der Waals surface area contributed by atoms with Crippen molar-refractivity contribution in [2.75, 3.05) is 22.9 Å². The zero-order valence-electron chi connectivity index (χ0n) is 18.0. The molecule has 1 unspecified atom stereocenters. The van der Waals surface area contributed by atoms with Crippen molar-refractivity contribution in [1.82, 2.24) is 0 Å². The standard InChI is InChI=1S/C27H25N3O2/c1-3-18-29(22-14-8-5-9-15-22)25(31)19-30-24-17-11-10-16-23(24)26(28-20(2)27(30)32)21-12-6-4-7-13-21/h3-17,20H,1,18-19H2,2H3. The summed E-state index contributed by atoms with van der Waals surface area (Å²) < 4.78 is 0. The molecule has 0 fully saturated rings. The Kier molecular flexibility index (Phi) is 6.26. The lowest BCUT2D eigenvalue weighted by atomic mass is 10.0. The molecule has 0 spiro atoms. The summed E-state index contributed by atoms with van der Waals surface area (Å²) in [6.07, 6.45) is 1.68. The molecular weight excluding hydrogens is 398 g/mol. The number of nitrogens with zero attached hydrogens (tertiary/aromatic N) is 3. The second-order valence-electron chi connectivity index (χ2n) is 7.59. The second kappa shape index (κ2) is 9.43. The maximum atomic E-state index is 13.4. The summed E-state index contributed by atoms with van der Waals surface area (Å²) >= 11 is 0. The van der Waals surface area contributed by atoms with Crippen molar-refractivity contribution < 1.29 is 9.59 Å². The topological polar surface area (TPSA) is 53.0 Å². The molecule has 3 aromatic rings. The van der Waals surface area contributed by atoms with Gasteiger partial charge in [0, 0.05) is 23.4 Å². The molecule has 32 heavy (non-hydrogen) atoms. The van der Waals surface area contributed by atoms with Gasteiger partial charge in [-0.3, -0.25) is 14.6 Å². The third-order valence-electron chi connectivity index (χ3n) is 5.42. The van der Waals surface area contributed by atoms with E-state index in [1.165, 1.54) is 0 Å². The fraction of sp³-hybridized carbons (Fsp3) is 0.148. The molecule has 0 N–H and O–H groups in total. The number of para-hydroxylation sites is 2. The van der Waals surface area contributed by atoms with Gasteiger partial charge in [0.25, 0.3) is 5.91 Å². The lowest BCUT2D eigenvalue weighted by Gasteiger charge is -2.28. The van der Waals surface area contributed by atoms with Crippen LogP contribution in [0.15, 0.2) is 103 Å². The summed E-state index contributed by atoms with van der Waals surface area (Å²) in [7, 11) is 0. The van der Waals surface area contributed by atoms with Gasteiger partial charge in [0.1, 0.15) is 12.6 Å². The Morgan fingerprint density at radius 3 is 2.31 bits per heavy atom. The molecule has 5 heteroatoms. The average Bonchev–Trinajstić information content (AvgIpc) is 2.94. The molecule has 1 aliphatic rings. The summed E-state index contributed by atoms with van der Waals surface area (Å²) in [4.78, 5) is 34.7. The Morgan fingerprint density at radius 2 is 1.62 bits per heavy atom. The summed E-state index contributed by atoms with van der Waals surface area (Å²) in [6, 6.07) is 26.2. The first kappa shape index (κ1) is 21.2. The van der Waals surface area contributed by atoms with Crippen LogP contribution in [-0.2, 0) is 9.59 Å². The Morgan fingerprint density at radius 1 is 1.00 bits per heavy atom. The average molecular weight is 424 g/mol. The van der Waals surface area contributed by atoms with Crippen molar-refractivity contribution in [3.05, 3.63) is 109 Å². The lowest BCUT2D eigenvalue weighted by Crippen LogP contribution is -2.45. The molecule has 1 aliphatic heterocycles. The highest BCUT2D eigenvalue weighted by atomic mass is 16.2. The minimum Gasteiger partial charge on any atom is -0.307 e. The van der Waals surface area contributed by atoms with Gasteiger partial charge in [0.2, 0.25) is 5.91 Å². The quantitative estimate of drug-likeness (QED) is 0.549. The number of rotatable bonds is 6. The van der Waals surface area contributed by atoms with E-state index >= 15 is 0 Å². The minimum atomic E-state index is -0.616. The van der Waals surface area contributed by atoms with Gasteiger partial charge in [0.15, 0.2) is 0 Å². The third-order valence-corrected chi connectivity index (χ3v) is 5.42. The van der Waals surface area contributed by atoms with Crippen molar-refractivity contribution in [3.63, 3.8) is 0 Å². The van der Waals surface area contributed by atoms with Gasteiger partial charge >= 0.3 is 0 Å². The number of amides is 2. The summed E-state index contributed by atoms with van der Waals surface area (Å²) in [5, 5.41) is 0. The van der Waals surface area contributed by atoms with E-state index in [1.54, 1.807) is 22.8 Å². The molecule has 0 bridgehead atoms. The highest BCUT2D eigenvalue weighted by molar-refractivity contribution is 6.21. The number of carbonyl (C=O) groups is 2. The van der Waals surface area contributed by atoms with Gasteiger partial charge in [-0.05, 0) is 25.1 Å². The van der Waals surface area contributed by atoms with Crippen molar-refractivity contribution in [3.8, 4) is 0 Å². The van der Waals surface area contributed by atoms with Crippen LogP contribution < -0.4 is 9.80 Å². The molecule has 1 atom stereocenters. The molecule has 0 radical (unpaired) electrons. The number of benzene rings is 3. The predicted molar refractivity (Wildman–Crippen MR) is 129 cm³/mol. The zero-order chi connectivity index (χ0) is 22.5. The van der Waals surface area contributed by atoms with Crippen LogP contribution in [-0.4, -0.2) is 36.7 Å². The number of aliphatic imine (C=N–C) groups is 1. The van der Waals surface area contributed by atoms with Crippen LogP contribution in [0.2, 0.25) is 0 Å². The van der Waals surface area contributed by atoms with Gasteiger partial charge < -0.3 is 9.80 Å². The van der Waals surface area contributed by atoms with Crippen LogP contribution >= 0.6 is 0 Å². The maximum absolute atomic E-state index is 13.4. The minimum absolute atomic E-state index is 0.0828. The lowest BCUT2D eigenvalue weighted by molar-refractivity contribution is -0.123. The van der Waals surface area contributed by atoms with Crippen molar-refractivity contribution in [2.24, 2.45) is 4.99 Å².